The molecule has 0 aromatic heterocycles. The molecule has 2 aromatic carbocycles. The lowest BCUT2D eigenvalue weighted by Crippen LogP contribution is -2.10. The first-order chi connectivity index (χ1) is 12.0. The Morgan fingerprint density at radius 3 is 2.16 bits per heavy atom. The van der Waals surface area contributed by atoms with Gasteiger partial charge in [-0.1, -0.05) is 12.1 Å². The monoisotopic (exact) mass is 348 g/mol. The topological polar surface area (TPSA) is 65.0 Å². The molecule has 0 saturated carbocycles. The number of rotatable bonds is 9. The summed E-state index contributed by atoms with van der Waals surface area (Å²) < 4.78 is 29.1. The van der Waals surface area contributed by atoms with Crippen LogP contribution in [-0.4, -0.2) is 31.9 Å². The van der Waals surface area contributed by atoms with Crippen LogP contribution in [-0.2, 0) is 17.6 Å². The fourth-order valence-electron chi connectivity index (χ4n) is 2.49. The highest BCUT2D eigenvalue weighted by molar-refractivity contribution is 5.68. The van der Waals surface area contributed by atoms with Crippen LogP contribution < -0.4 is 14.2 Å². The number of ether oxygens (including phenoxy) is 3. The van der Waals surface area contributed by atoms with Crippen molar-refractivity contribution in [3.63, 3.8) is 0 Å². The molecule has 0 radical (unpaired) electrons. The third kappa shape index (κ3) is 5.38. The van der Waals surface area contributed by atoms with Crippen molar-refractivity contribution < 1.29 is 28.5 Å². The van der Waals surface area contributed by atoms with Crippen molar-refractivity contribution in [3.8, 4) is 17.2 Å². The molecule has 0 unspecified atom stereocenters. The molecule has 0 spiro atoms. The van der Waals surface area contributed by atoms with E-state index in [4.69, 9.17) is 19.3 Å². The van der Waals surface area contributed by atoms with Gasteiger partial charge in [0.15, 0.2) is 29.7 Å². The number of halogens is 1. The lowest BCUT2D eigenvalue weighted by molar-refractivity contribution is -0.139. The van der Waals surface area contributed by atoms with E-state index in [0.717, 1.165) is 30.4 Å². The van der Waals surface area contributed by atoms with E-state index in [1.165, 1.54) is 6.07 Å². The smallest absolute Gasteiger partial charge is 0.341 e. The number of hydrogen-bond acceptors (Lipinski definition) is 4. The Kier molecular flexibility index (Phi) is 6.62. The lowest BCUT2D eigenvalue weighted by atomic mass is 10.0. The van der Waals surface area contributed by atoms with Gasteiger partial charge < -0.3 is 19.3 Å². The van der Waals surface area contributed by atoms with Gasteiger partial charge in [0.1, 0.15) is 0 Å². The quantitative estimate of drug-likeness (QED) is 0.752. The van der Waals surface area contributed by atoms with E-state index in [9.17, 15) is 9.18 Å². The van der Waals surface area contributed by atoms with E-state index in [2.05, 4.69) is 0 Å². The van der Waals surface area contributed by atoms with Crippen molar-refractivity contribution in [1.29, 1.82) is 0 Å². The standard InChI is InChI=1S/C19H21FO5/c1-23-16-9-7-14(11-18(16)24-2)5-3-4-13-6-8-15(20)17(10-13)25-12-19(21)22/h6-11H,3-5,12H2,1-2H3,(H,21,22). The zero-order valence-corrected chi connectivity index (χ0v) is 14.3. The molecule has 0 saturated heterocycles. The predicted octanol–water partition coefficient (Wildman–Crippen LogP) is 3.48. The number of aryl methyl sites for hydroxylation is 2. The molecule has 0 bridgehead atoms. The summed E-state index contributed by atoms with van der Waals surface area (Å²) in [4.78, 5) is 10.5. The Balaban J connectivity index is 1.95. The van der Waals surface area contributed by atoms with Crippen LogP contribution in [0.1, 0.15) is 17.5 Å². The van der Waals surface area contributed by atoms with Gasteiger partial charge in [-0.05, 0) is 54.7 Å². The molecule has 25 heavy (non-hydrogen) atoms. The molecule has 5 nitrogen and oxygen atoms in total. The maximum atomic E-state index is 13.6. The minimum atomic E-state index is -1.14. The highest BCUT2D eigenvalue weighted by atomic mass is 19.1. The molecule has 0 aliphatic heterocycles. The van der Waals surface area contributed by atoms with Crippen LogP contribution in [0.2, 0.25) is 0 Å². The maximum absolute atomic E-state index is 13.6. The summed E-state index contributed by atoms with van der Waals surface area (Å²) in [6.45, 7) is -0.563. The Bertz CT molecular complexity index is 730. The third-order valence-electron chi connectivity index (χ3n) is 3.73. The van der Waals surface area contributed by atoms with Gasteiger partial charge in [-0.2, -0.15) is 0 Å². The molecule has 1 N–H and O–H groups in total. The molecular formula is C19H21FO5. The van der Waals surface area contributed by atoms with E-state index in [1.807, 2.05) is 18.2 Å². The highest BCUT2D eigenvalue weighted by Crippen LogP contribution is 2.28. The van der Waals surface area contributed by atoms with Crippen LogP contribution in [0.3, 0.4) is 0 Å². The number of hydrogen-bond donors (Lipinski definition) is 1. The molecule has 134 valence electrons. The second kappa shape index (κ2) is 8.92. The molecule has 0 heterocycles. The number of carboxylic acid groups (broad SMARTS) is 1. The van der Waals surface area contributed by atoms with Crippen LogP contribution in [0.4, 0.5) is 4.39 Å². The van der Waals surface area contributed by atoms with Crippen LogP contribution >= 0.6 is 0 Å². The SMILES string of the molecule is COc1ccc(CCCc2ccc(F)c(OCC(=O)O)c2)cc1OC. The second-order valence-corrected chi connectivity index (χ2v) is 5.49. The molecule has 2 rings (SSSR count). The number of methoxy groups -OCH3 is 2. The van der Waals surface area contributed by atoms with Crippen LogP contribution in [0.25, 0.3) is 0 Å². The normalized spacial score (nSPS) is 10.4. The summed E-state index contributed by atoms with van der Waals surface area (Å²) in [6, 6.07) is 10.3. The molecule has 2 aromatic rings. The van der Waals surface area contributed by atoms with E-state index >= 15 is 0 Å². The summed E-state index contributed by atoms with van der Waals surface area (Å²) in [5, 5.41) is 8.62. The fourth-order valence-corrected chi connectivity index (χ4v) is 2.49. The minimum absolute atomic E-state index is 0.0361. The van der Waals surface area contributed by atoms with E-state index in [1.54, 1.807) is 26.4 Å². The van der Waals surface area contributed by atoms with E-state index < -0.39 is 18.4 Å². The Hall–Kier alpha value is -2.76. The average Bonchev–Trinajstić information content (AvgIpc) is 2.61. The van der Waals surface area contributed by atoms with Crippen molar-refractivity contribution in [3.05, 3.63) is 53.3 Å². The van der Waals surface area contributed by atoms with Gasteiger partial charge in [0.25, 0.3) is 0 Å². The van der Waals surface area contributed by atoms with Crippen molar-refractivity contribution in [2.45, 2.75) is 19.3 Å². The molecule has 0 aliphatic carbocycles. The first-order valence-corrected chi connectivity index (χ1v) is 7.87. The largest absolute Gasteiger partial charge is 0.493 e. The predicted molar refractivity (Wildman–Crippen MR) is 91.1 cm³/mol. The Labute approximate surface area is 146 Å². The van der Waals surface area contributed by atoms with Gasteiger partial charge in [0, 0.05) is 0 Å². The number of aliphatic carboxylic acids is 1. The first kappa shape index (κ1) is 18.6. The zero-order valence-electron chi connectivity index (χ0n) is 14.3. The highest BCUT2D eigenvalue weighted by Gasteiger charge is 2.08. The Morgan fingerprint density at radius 1 is 0.960 bits per heavy atom. The van der Waals surface area contributed by atoms with Crippen molar-refractivity contribution in [2.24, 2.45) is 0 Å². The number of carboxylic acids is 1. The van der Waals surface area contributed by atoms with Gasteiger partial charge in [-0.15, -0.1) is 0 Å². The zero-order chi connectivity index (χ0) is 18.2. The summed E-state index contributed by atoms with van der Waals surface area (Å²) in [5.74, 6) is -0.370. The summed E-state index contributed by atoms with van der Waals surface area (Å²) in [6.07, 6.45) is 2.39. The molecule has 6 heteroatoms. The third-order valence-corrected chi connectivity index (χ3v) is 3.73. The lowest BCUT2D eigenvalue weighted by Gasteiger charge is -2.10. The molecule has 0 atom stereocenters. The molecule has 0 amide bonds. The van der Waals surface area contributed by atoms with Crippen molar-refractivity contribution >= 4 is 5.97 Å². The summed E-state index contributed by atoms with van der Waals surface area (Å²) >= 11 is 0. The van der Waals surface area contributed by atoms with Crippen LogP contribution in [0.5, 0.6) is 17.2 Å². The van der Waals surface area contributed by atoms with Gasteiger partial charge in [-0.3, -0.25) is 0 Å². The van der Waals surface area contributed by atoms with Crippen LogP contribution in [0, 0.1) is 5.82 Å². The van der Waals surface area contributed by atoms with Gasteiger partial charge in [0.05, 0.1) is 14.2 Å². The van der Waals surface area contributed by atoms with Crippen molar-refractivity contribution in [1.82, 2.24) is 0 Å². The van der Waals surface area contributed by atoms with Crippen molar-refractivity contribution in [2.75, 3.05) is 20.8 Å². The molecule has 0 aliphatic rings. The van der Waals surface area contributed by atoms with E-state index in [0.29, 0.717) is 11.5 Å². The molecule has 0 fully saturated rings. The van der Waals surface area contributed by atoms with E-state index in [-0.39, 0.29) is 5.75 Å². The average molecular weight is 348 g/mol. The van der Waals surface area contributed by atoms with Gasteiger partial charge >= 0.3 is 5.97 Å². The number of benzene rings is 2. The van der Waals surface area contributed by atoms with Gasteiger partial charge in [-0.25, -0.2) is 9.18 Å². The summed E-state index contributed by atoms with van der Waals surface area (Å²) in [5.41, 5.74) is 2.00. The fraction of sp³-hybridized carbons (Fsp3) is 0.316. The number of carbonyl (C=O) groups is 1. The Morgan fingerprint density at radius 2 is 1.56 bits per heavy atom. The summed E-state index contributed by atoms with van der Waals surface area (Å²) in [7, 11) is 3.19. The van der Waals surface area contributed by atoms with Crippen LogP contribution in [0.15, 0.2) is 36.4 Å². The molecular weight excluding hydrogens is 327 g/mol. The second-order valence-electron chi connectivity index (χ2n) is 5.49. The minimum Gasteiger partial charge on any atom is -0.493 e. The van der Waals surface area contributed by atoms with Gasteiger partial charge in [0.2, 0.25) is 0 Å². The maximum Gasteiger partial charge on any atom is 0.341 e. The first-order valence-electron chi connectivity index (χ1n) is 7.87.